The van der Waals surface area contributed by atoms with E-state index < -0.39 is 24.6 Å². The Balaban J connectivity index is 2.20. The molecule has 2 rings (SSSR count). The largest absolute Gasteiger partial charge is 0.435 e. The van der Waals surface area contributed by atoms with Crippen molar-refractivity contribution in [1.82, 2.24) is 9.97 Å². The topological polar surface area (TPSA) is 136 Å². The lowest BCUT2D eigenvalue weighted by molar-refractivity contribution is -0.198. The fraction of sp³-hybridized carbons (Fsp3) is 0.333. The second-order valence-electron chi connectivity index (χ2n) is 4.33. The standard InChI is InChI=1S/C12H13ClN2O6/c13-5-1-2-6-7(3-5)15-11(14-6)9(18)8(17)10(19)12(20)21-4-16/h1-4,8-10,12,17-20H,(H,14,15)/t8-,9?,10+,12?/m1/s1. The molecule has 114 valence electrons. The van der Waals surface area contributed by atoms with Crippen LogP contribution >= 0.6 is 11.6 Å². The van der Waals surface area contributed by atoms with Crippen LogP contribution in [0.1, 0.15) is 11.9 Å². The number of carbonyl (C=O) groups is 1. The normalized spacial score (nSPS) is 17.2. The Hall–Kier alpha value is -1.71. The summed E-state index contributed by atoms with van der Waals surface area (Å²) >= 11 is 5.81. The van der Waals surface area contributed by atoms with Crippen LogP contribution in [0.2, 0.25) is 5.02 Å². The Bertz CT molecular complexity index is 633. The van der Waals surface area contributed by atoms with Crippen molar-refractivity contribution in [2.75, 3.05) is 0 Å². The molecule has 0 amide bonds. The Morgan fingerprint density at radius 2 is 1.95 bits per heavy atom. The van der Waals surface area contributed by atoms with E-state index in [1.807, 2.05) is 0 Å². The van der Waals surface area contributed by atoms with E-state index in [0.717, 1.165) is 0 Å². The van der Waals surface area contributed by atoms with Crippen molar-refractivity contribution < 1.29 is 30.0 Å². The maximum atomic E-state index is 10.1. The van der Waals surface area contributed by atoms with Gasteiger partial charge in [0, 0.05) is 5.02 Å². The lowest BCUT2D eigenvalue weighted by atomic mass is 10.1. The molecule has 0 saturated heterocycles. The Morgan fingerprint density at radius 1 is 1.24 bits per heavy atom. The van der Waals surface area contributed by atoms with Crippen molar-refractivity contribution in [2.24, 2.45) is 0 Å². The number of aliphatic hydroxyl groups is 4. The van der Waals surface area contributed by atoms with Gasteiger partial charge < -0.3 is 30.1 Å². The summed E-state index contributed by atoms with van der Waals surface area (Å²) in [6.07, 6.45) is -7.32. The van der Waals surface area contributed by atoms with E-state index in [1.54, 1.807) is 18.2 Å². The molecule has 2 aromatic rings. The van der Waals surface area contributed by atoms with Gasteiger partial charge in [-0.05, 0) is 18.2 Å². The third kappa shape index (κ3) is 3.31. The molecule has 1 aromatic carbocycles. The fourth-order valence-electron chi connectivity index (χ4n) is 1.79. The average molecular weight is 317 g/mol. The van der Waals surface area contributed by atoms with Crippen LogP contribution in [0, 0.1) is 0 Å². The molecule has 0 radical (unpaired) electrons. The number of benzene rings is 1. The van der Waals surface area contributed by atoms with E-state index in [1.165, 1.54) is 0 Å². The van der Waals surface area contributed by atoms with Crippen LogP contribution in [0.4, 0.5) is 0 Å². The maximum absolute atomic E-state index is 10.1. The van der Waals surface area contributed by atoms with Crippen LogP contribution in [0.5, 0.6) is 0 Å². The third-order valence-electron chi connectivity index (χ3n) is 2.90. The summed E-state index contributed by atoms with van der Waals surface area (Å²) in [5.41, 5.74) is 1.03. The number of halogens is 1. The number of aliphatic hydroxyl groups excluding tert-OH is 4. The monoisotopic (exact) mass is 316 g/mol. The molecular weight excluding hydrogens is 304 g/mol. The van der Waals surface area contributed by atoms with E-state index in [9.17, 15) is 25.2 Å². The second kappa shape index (κ2) is 6.37. The lowest BCUT2D eigenvalue weighted by Gasteiger charge is -2.24. The predicted molar refractivity (Wildman–Crippen MR) is 71.2 cm³/mol. The molecular formula is C12H13ClN2O6. The van der Waals surface area contributed by atoms with E-state index in [4.69, 9.17) is 11.6 Å². The first-order valence-corrected chi connectivity index (χ1v) is 6.28. The number of hydrogen-bond acceptors (Lipinski definition) is 7. The second-order valence-corrected chi connectivity index (χ2v) is 4.77. The zero-order valence-electron chi connectivity index (χ0n) is 10.5. The fourth-order valence-corrected chi connectivity index (χ4v) is 1.96. The highest BCUT2D eigenvalue weighted by Gasteiger charge is 2.33. The summed E-state index contributed by atoms with van der Waals surface area (Å²) < 4.78 is 4.09. The molecule has 4 atom stereocenters. The zero-order valence-corrected chi connectivity index (χ0v) is 11.3. The highest BCUT2D eigenvalue weighted by molar-refractivity contribution is 6.31. The number of nitrogens with zero attached hydrogens (tertiary/aromatic N) is 1. The number of hydrogen-bond donors (Lipinski definition) is 5. The van der Waals surface area contributed by atoms with E-state index in [2.05, 4.69) is 14.7 Å². The molecule has 1 heterocycles. The number of aromatic amines is 1. The van der Waals surface area contributed by atoms with Gasteiger partial charge in [-0.1, -0.05) is 11.6 Å². The van der Waals surface area contributed by atoms with Crippen LogP contribution in [0.25, 0.3) is 11.0 Å². The number of ether oxygens (including phenoxy) is 1. The number of rotatable bonds is 6. The first kappa shape index (κ1) is 15.7. The first-order valence-electron chi connectivity index (χ1n) is 5.90. The van der Waals surface area contributed by atoms with E-state index in [0.29, 0.717) is 16.1 Å². The number of imidazole rings is 1. The quantitative estimate of drug-likeness (QED) is 0.357. The minimum atomic E-state index is -1.97. The van der Waals surface area contributed by atoms with Gasteiger partial charge in [-0.2, -0.15) is 0 Å². The first-order chi connectivity index (χ1) is 9.93. The molecule has 21 heavy (non-hydrogen) atoms. The summed E-state index contributed by atoms with van der Waals surface area (Å²) in [5.74, 6) is -0.0304. The van der Waals surface area contributed by atoms with Crippen molar-refractivity contribution in [3.05, 3.63) is 29.0 Å². The molecule has 2 unspecified atom stereocenters. The van der Waals surface area contributed by atoms with Crippen molar-refractivity contribution in [3.8, 4) is 0 Å². The number of nitrogens with one attached hydrogen (secondary N) is 1. The Labute approximate surface area is 123 Å². The van der Waals surface area contributed by atoms with Gasteiger partial charge in [0.2, 0.25) is 6.29 Å². The Kier molecular flexibility index (Phi) is 4.76. The van der Waals surface area contributed by atoms with Crippen LogP contribution in [-0.2, 0) is 9.53 Å². The van der Waals surface area contributed by atoms with Gasteiger partial charge in [0.05, 0.1) is 11.0 Å². The number of H-pyrrole nitrogens is 1. The smallest absolute Gasteiger partial charge is 0.295 e. The summed E-state index contributed by atoms with van der Waals surface area (Å²) in [4.78, 5) is 16.8. The molecule has 0 aliphatic heterocycles. The van der Waals surface area contributed by atoms with Crippen LogP contribution < -0.4 is 0 Å². The van der Waals surface area contributed by atoms with Crippen LogP contribution in [0.3, 0.4) is 0 Å². The number of fused-ring (bicyclic) bond motifs is 1. The molecule has 0 bridgehead atoms. The summed E-state index contributed by atoms with van der Waals surface area (Å²) in [6, 6.07) is 4.80. The SMILES string of the molecule is O=COC(O)[C@@H](O)[C@H](O)C(O)c1nc2cc(Cl)ccc2[nH]1. The van der Waals surface area contributed by atoms with Crippen LogP contribution in [0.15, 0.2) is 18.2 Å². The average Bonchev–Trinajstić information content (AvgIpc) is 2.88. The molecule has 0 aliphatic carbocycles. The van der Waals surface area contributed by atoms with Crippen molar-refractivity contribution >= 4 is 29.1 Å². The molecule has 0 fully saturated rings. The van der Waals surface area contributed by atoms with Crippen LogP contribution in [-0.4, -0.2) is 55.4 Å². The summed E-state index contributed by atoms with van der Waals surface area (Å²) in [6.45, 7) is -0.0871. The van der Waals surface area contributed by atoms with Gasteiger partial charge in [0.25, 0.3) is 6.47 Å². The summed E-state index contributed by atoms with van der Waals surface area (Å²) in [5, 5.41) is 39.0. The molecule has 0 spiro atoms. The lowest BCUT2D eigenvalue weighted by Crippen LogP contribution is -2.42. The molecule has 0 saturated carbocycles. The minimum Gasteiger partial charge on any atom is -0.435 e. The van der Waals surface area contributed by atoms with Crippen molar-refractivity contribution in [1.29, 1.82) is 0 Å². The zero-order chi connectivity index (χ0) is 15.6. The van der Waals surface area contributed by atoms with Gasteiger partial charge in [0.1, 0.15) is 24.1 Å². The molecule has 5 N–H and O–H groups in total. The van der Waals surface area contributed by atoms with E-state index >= 15 is 0 Å². The highest BCUT2D eigenvalue weighted by atomic mass is 35.5. The number of carbonyl (C=O) groups excluding carboxylic acids is 1. The van der Waals surface area contributed by atoms with Gasteiger partial charge in [-0.15, -0.1) is 0 Å². The highest BCUT2D eigenvalue weighted by Crippen LogP contribution is 2.23. The molecule has 1 aromatic heterocycles. The van der Waals surface area contributed by atoms with Crippen molar-refractivity contribution in [3.63, 3.8) is 0 Å². The van der Waals surface area contributed by atoms with E-state index in [-0.39, 0.29) is 12.3 Å². The van der Waals surface area contributed by atoms with Gasteiger partial charge in [0.15, 0.2) is 0 Å². The minimum absolute atomic E-state index is 0.0304. The predicted octanol–water partition coefficient (Wildman–Crippen LogP) is -0.537. The number of aromatic nitrogens is 2. The Morgan fingerprint density at radius 3 is 2.62 bits per heavy atom. The van der Waals surface area contributed by atoms with Gasteiger partial charge in [-0.25, -0.2) is 4.98 Å². The summed E-state index contributed by atoms with van der Waals surface area (Å²) in [7, 11) is 0. The molecule has 0 aliphatic rings. The third-order valence-corrected chi connectivity index (χ3v) is 3.14. The molecule has 8 nitrogen and oxygen atoms in total. The maximum Gasteiger partial charge on any atom is 0.295 e. The van der Waals surface area contributed by atoms with Crippen molar-refractivity contribution in [2.45, 2.75) is 24.6 Å². The van der Waals surface area contributed by atoms with Gasteiger partial charge >= 0.3 is 0 Å². The van der Waals surface area contributed by atoms with Gasteiger partial charge in [-0.3, -0.25) is 4.79 Å². The molecule has 9 heteroatoms.